The van der Waals surface area contributed by atoms with Crippen LogP contribution in [0.3, 0.4) is 0 Å². The first-order valence-electron chi connectivity index (χ1n) is 3.55. The third-order valence-electron chi connectivity index (χ3n) is 1.91. The summed E-state index contributed by atoms with van der Waals surface area (Å²) < 4.78 is 7.08. The molecular weight excluding hydrogens is 215 g/mol. The van der Waals surface area contributed by atoms with Gasteiger partial charge in [0.25, 0.3) is 0 Å². The first-order chi connectivity index (χ1) is 5.38. The quantitative estimate of drug-likeness (QED) is 0.734. The number of nitrogens with zero attached hydrogens (tertiary/aromatic N) is 3. The Balaban J connectivity index is 0.000000720. The predicted octanol–water partition coefficient (Wildman–Crippen LogP) is 0.0203. The lowest BCUT2D eigenvalue weighted by molar-refractivity contribution is 0.185. The molecule has 1 aromatic rings. The van der Waals surface area contributed by atoms with E-state index in [1.807, 2.05) is 4.57 Å². The van der Waals surface area contributed by atoms with Crippen molar-refractivity contribution in [3.63, 3.8) is 0 Å². The van der Waals surface area contributed by atoms with Crippen LogP contribution in [0.5, 0.6) is 0 Å². The number of nitrogens with two attached hydrogens (primary N) is 1. The van der Waals surface area contributed by atoms with E-state index in [4.69, 9.17) is 10.5 Å². The van der Waals surface area contributed by atoms with Crippen LogP contribution in [0.2, 0.25) is 0 Å². The molecule has 1 aromatic heterocycles. The summed E-state index contributed by atoms with van der Waals surface area (Å²) in [4.78, 5) is 0. The molecule has 7 heteroatoms. The molecule has 0 saturated carbocycles. The second-order valence-electron chi connectivity index (χ2n) is 2.68. The van der Waals surface area contributed by atoms with Crippen LogP contribution in [0, 0.1) is 0 Å². The Morgan fingerprint density at radius 3 is 2.31 bits per heavy atom. The lowest BCUT2D eigenvalue weighted by Crippen LogP contribution is -2.30. The average Bonchev–Trinajstić information content (AvgIpc) is 2.55. The Morgan fingerprint density at radius 1 is 1.23 bits per heavy atom. The van der Waals surface area contributed by atoms with Crippen LogP contribution < -0.4 is 5.73 Å². The molecule has 0 amide bonds. The third-order valence-corrected chi connectivity index (χ3v) is 1.91. The Labute approximate surface area is 88.5 Å². The van der Waals surface area contributed by atoms with E-state index in [0.717, 1.165) is 0 Å². The molecule has 2 atom stereocenters. The number of aromatic nitrogens is 3. The van der Waals surface area contributed by atoms with E-state index in [1.165, 1.54) is 0 Å². The van der Waals surface area contributed by atoms with Crippen molar-refractivity contribution in [2.45, 2.75) is 12.1 Å². The first-order valence-corrected chi connectivity index (χ1v) is 3.55. The maximum absolute atomic E-state index is 5.77. The van der Waals surface area contributed by atoms with Gasteiger partial charge in [-0.25, -0.2) is 0 Å². The van der Waals surface area contributed by atoms with Crippen molar-refractivity contribution in [1.29, 1.82) is 0 Å². The summed E-state index contributed by atoms with van der Waals surface area (Å²) in [6.07, 6.45) is 3.33. The van der Waals surface area contributed by atoms with Gasteiger partial charge in [0, 0.05) is 0 Å². The lowest BCUT2D eigenvalue weighted by atomic mass is 10.2. The molecule has 0 radical (unpaired) electrons. The Kier molecular flexibility index (Phi) is 5.24. The van der Waals surface area contributed by atoms with Crippen LogP contribution in [-0.2, 0) is 4.74 Å². The highest BCUT2D eigenvalue weighted by molar-refractivity contribution is 5.85. The minimum atomic E-state index is 0. The van der Waals surface area contributed by atoms with Crippen LogP contribution in [-0.4, -0.2) is 34.0 Å². The van der Waals surface area contributed by atoms with E-state index >= 15 is 0 Å². The van der Waals surface area contributed by atoms with Gasteiger partial charge in [-0.2, -0.15) is 0 Å². The van der Waals surface area contributed by atoms with Crippen LogP contribution in [0.4, 0.5) is 0 Å². The molecule has 2 rings (SSSR count). The number of rotatable bonds is 1. The number of halogens is 2. The van der Waals surface area contributed by atoms with Gasteiger partial charge in [0.05, 0.1) is 25.3 Å². The van der Waals surface area contributed by atoms with E-state index in [2.05, 4.69) is 10.2 Å². The molecule has 76 valence electrons. The third kappa shape index (κ3) is 2.54. The fraction of sp³-hybridized carbons (Fsp3) is 0.667. The maximum Gasteiger partial charge on any atom is 0.119 e. The largest absolute Gasteiger partial charge is 0.378 e. The Hall–Kier alpha value is -0.360. The molecule has 2 heterocycles. The van der Waals surface area contributed by atoms with Gasteiger partial charge in [-0.3, -0.25) is 0 Å². The fourth-order valence-corrected chi connectivity index (χ4v) is 1.25. The molecule has 13 heavy (non-hydrogen) atoms. The Morgan fingerprint density at radius 2 is 1.85 bits per heavy atom. The van der Waals surface area contributed by atoms with E-state index in [0.29, 0.717) is 13.2 Å². The Bertz CT molecular complexity index is 231. The predicted molar refractivity (Wildman–Crippen MR) is 52.3 cm³/mol. The van der Waals surface area contributed by atoms with Gasteiger partial charge in [0.15, 0.2) is 0 Å². The fourth-order valence-electron chi connectivity index (χ4n) is 1.25. The summed E-state index contributed by atoms with van der Waals surface area (Å²) in [5, 5.41) is 7.41. The molecule has 1 saturated heterocycles. The minimum Gasteiger partial charge on any atom is -0.378 e. The van der Waals surface area contributed by atoms with Crippen LogP contribution in [0.25, 0.3) is 0 Å². The van der Waals surface area contributed by atoms with Crippen molar-refractivity contribution in [1.82, 2.24) is 14.8 Å². The molecule has 0 aromatic carbocycles. The van der Waals surface area contributed by atoms with Crippen molar-refractivity contribution < 1.29 is 4.74 Å². The van der Waals surface area contributed by atoms with Crippen molar-refractivity contribution in [3.8, 4) is 0 Å². The van der Waals surface area contributed by atoms with Crippen molar-refractivity contribution in [3.05, 3.63) is 12.7 Å². The molecule has 0 aliphatic carbocycles. The lowest BCUT2D eigenvalue weighted by Gasteiger charge is -2.12. The zero-order valence-corrected chi connectivity index (χ0v) is 8.50. The topological polar surface area (TPSA) is 66.0 Å². The van der Waals surface area contributed by atoms with Crippen molar-refractivity contribution in [2.24, 2.45) is 5.73 Å². The van der Waals surface area contributed by atoms with Crippen LogP contribution in [0.1, 0.15) is 6.04 Å². The van der Waals surface area contributed by atoms with Crippen molar-refractivity contribution >= 4 is 24.8 Å². The first kappa shape index (κ1) is 12.6. The number of hydrogen-bond acceptors (Lipinski definition) is 4. The average molecular weight is 227 g/mol. The van der Waals surface area contributed by atoms with E-state index < -0.39 is 0 Å². The normalized spacial score (nSPS) is 26.2. The van der Waals surface area contributed by atoms with Gasteiger partial charge in [-0.1, -0.05) is 0 Å². The number of ether oxygens (including phenoxy) is 1. The molecule has 0 bridgehead atoms. The highest BCUT2D eigenvalue weighted by Crippen LogP contribution is 2.16. The standard InChI is InChI=1S/C6H10N4O.2ClH/c7-5-1-11-2-6(5)10-3-8-9-4-10;;/h3-6H,1-2,7H2;2*1H. The van der Waals surface area contributed by atoms with Gasteiger partial charge in [0.2, 0.25) is 0 Å². The molecule has 2 N–H and O–H groups in total. The summed E-state index contributed by atoms with van der Waals surface area (Å²) in [6.45, 7) is 1.29. The maximum atomic E-state index is 5.77. The summed E-state index contributed by atoms with van der Waals surface area (Å²) in [5.74, 6) is 0. The van der Waals surface area contributed by atoms with Gasteiger partial charge in [-0.15, -0.1) is 35.0 Å². The summed E-state index contributed by atoms with van der Waals surface area (Å²) in [6, 6.07) is 0.288. The van der Waals surface area contributed by atoms with Crippen molar-refractivity contribution in [2.75, 3.05) is 13.2 Å². The molecular formula is C6H12Cl2N4O. The van der Waals surface area contributed by atoms with Gasteiger partial charge < -0.3 is 15.0 Å². The van der Waals surface area contributed by atoms with Crippen LogP contribution >= 0.6 is 24.8 Å². The molecule has 1 aliphatic heterocycles. The van der Waals surface area contributed by atoms with Crippen LogP contribution in [0.15, 0.2) is 12.7 Å². The minimum absolute atomic E-state index is 0. The highest BCUT2D eigenvalue weighted by atomic mass is 35.5. The molecule has 0 spiro atoms. The van der Waals surface area contributed by atoms with E-state index in [9.17, 15) is 0 Å². The van der Waals surface area contributed by atoms with E-state index in [1.54, 1.807) is 12.7 Å². The summed E-state index contributed by atoms with van der Waals surface area (Å²) in [5.41, 5.74) is 5.77. The number of hydrogen-bond donors (Lipinski definition) is 1. The van der Waals surface area contributed by atoms with Gasteiger partial charge in [0.1, 0.15) is 12.7 Å². The highest BCUT2D eigenvalue weighted by Gasteiger charge is 2.25. The summed E-state index contributed by atoms with van der Waals surface area (Å²) in [7, 11) is 0. The molecule has 5 nitrogen and oxygen atoms in total. The zero-order valence-electron chi connectivity index (χ0n) is 6.87. The zero-order chi connectivity index (χ0) is 7.68. The van der Waals surface area contributed by atoms with Gasteiger partial charge in [-0.05, 0) is 0 Å². The molecule has 2 unspecified atom stereocenters. The van der Waals surface area contributed by atoms with Gasteiger partial charge >= 0.3 is 0 Å². The SMILES string of the molecule is Cl.Cl.NC1COCC1n1cnnc1. The smallest absolute Gasteiger partial charge is 0.119 e. The van der Waals surface area contributed by atoms with E-state index in [-0.39, 0.29) is 36.9 Å². The second kappa shape index (κ2) is 5.39. The summed E-state index contributed by atoms with van der Waals surface area (Å²) >= 11 is 0. The monoisotopic (exact) mass is 226 g/mol. The molecule has 1 fully saturated rings. The second-order valence-corrected chi connectivity index (χ2v) is 2.68. The molecule has 1 aliphatic rings.